The van der Waals surface area contributed by atoms with E-state index in [0.717, 1.165) is 6.42 Å². The monoisotopic (exact) mass is 814 g/mol. The summed E-state index contributed by atoms with van der Waals surface area (Å²) in [5.74, 6) is 0. The Balaban J connectivity index is 0.000000241. The normalized spacial score (nSPS) is 10.6. The van der Waals surface area contributed by atoms with Gasteiger partial charge in [-0.05, 0) is 34.2 Å². The first kappa shape index (κ1) is 42.0. The van der Waals surface area contributed by atoms with E-state index in [1.165, 1.54) is 101 Å². The standard InChI is InChI=1S/C35H27.C17H15.2CH3.Si.Zr/c1-5-14-28(15-6-1)33-23-13-16-29-24-27(25-34(29)33)26-35(30-17-7-2-8-18-30,31-19-9-3-10-20-31)32-21-11-4-12-22-32;1-12-10-16-13(2)8-9-15(17(16)11-12)14-6-4-3-5-7-14;;;;/h1-25H,26H2;3-11H,1-2H3;2*1H3;;/q4*-1;;. The largest absolute Gasteiger partial charge is 0.164 e. The molecule has 9 rings (SSSR count). The summed E-state index contributed by atoms with van der Waals surface area (Å²) >= 11 is 1.36. The van der Waals surface area contributed by atoms with Crippen molar-refractivity contribution < 1.29 is 23.3 Å². The van der Waals surface area contributed by atoms with E-state index < -0.39 is 0 Å². The molecule has 2 radical (unpaired) electrons. The van der Waals surface area contributed by atoms with Crippen LogP contribution in [-0.4, -0.2) is 6.88 Å². The Morgan fingerprint density at radius 2 is 0.911 bits per heavy atom. The van der Waals surface area contributed by atoms with Gasteiger partial charge in [0.2, 0.25) is 0 Å². The van der Waals surface area contributed by atoms with E-state index in [9.17, 15) is 0 Å². The molecule has 0 saturated carbocycles. The predicted molar refractivity (Wildman–Crippen MR) is 241 cm³/mol. The molecule has 0 aliphatic carbocycles. The fourth-order valence-electron chi connectivity index (χ4n) is 8.01. The molecular formula is C54H48SiZr-4. The molecule has 276 valence electrons. The van der Waals surface area contributed by atoms with E-state index >= 15 is 0 Å². The van der Waals surface area contributed by atoms with Crippen molar-refractivity contribution in [1.82, 2.24) is 0 Å². The Labute approximate surface area is 351 Å². The summed E-state index contributed by atoms with van der Waals surface area (Å²) in [6.07, 6.45) is 0.883. The third kappa shape index (κ3) is 8.79. The Hall–Kier alpha value is -5.14. The van der Waals surface area contributed by atoms with Crippen LogP contribution < -0.4 is 0 Å². The average Bonchev–Trinajstić information content (AvgIpc) is 3.86. The minimum absolute atomic E-state index is 0. The summed E-state index contributed by atoms with van der Waals surface area (Å²) in [7, 11) is 0. The molecule has 0 nitrogen and oxygen atoms in total. The minimum atomic E-state index is -0.291. The first-order chi connectivity index (χ1) is 26.6. The predicted octanol–water partition coefficient (Wildman–Crippen LogP) is 14.2. The van der Waals surface area contributed by atoms with Crippen LogP contribution in [0.2, 0.25) is 0 Å². The molecule has 56 heavy (non-hydrogen) atoms. The van der Waals surface area contributed by atoms with E-state index in [0.29, 0.717) is 0 Å². The molecule has 0 amide bonds. The molecule has 0 aliphatic rings. The van der Waals surface area contributed by atoms with Crippen LogP contribution in [0.15, 0.2) is 206 Å². The van der Waals surface area contributed by atoms with Crippen molar-refractivity contribution in [3.63, 3.8) is 0 Å². The van der Waals surface area contributed by atoms with Crippen LogP contribution in [0, 0.1) is 28.7 Å². The number of hydrogen-bond donors (Lipinski definition) is 0. The molecule has 0 heterocycles. The van der Waals surface area contributed by atoms with Gasteiger partial charge in [0, 0.05) is 5.41 Å². The van der Waals surface area contributed by atoms with Gasteiger partial charge in [0.25, 0.3) is 0 Å². The zero-order valence-electron chi connectivity index (χ0n) is 32.8. The first-order valence-electron chi connectivity index (χ1n) is 18.5. The summed E-state index contributed by atoms with van der Waals surface area (Å²) in [6, 6.07) is 74.6. The van der Waals surface area contributed by atoms with Crippen molar-refractivity contribution >= 4 is 28.4 Å². The molecule has 0 saturated heterocycles. The quantitative estimate of drug-likeness (QED) is 0.0854. The van der Waals surface area contributed by atoms with Gasteiger partial charge in [-0.1, -0.05) is 189 Å². The fraction of sp³-hybridized carbons (Fsp3) is 0.0741. The fourth-order valence-corrected chi connectivity index (χ4v) is 8.01. The SMILES string of the molecule is Cc1cc2c(-c3ccccc3)ccc(C)c2[cH-]1.[CH3-].[CH3-].[Si]=[Zr].c1ccc(-c2cccc3[cH-]c(CC(c4ccccc4)(c4ccccc4)c4ccccc4)cc23)cc1. The van der Waals surface area contributed by atoms with Crippen LogP contribution in [0.1, 0.15) is 33.4 Å². The number of hydrogen-bond acceptors (Lipinski definition) is 0. The van der Waals surface area contributed by atoms with Gasteiger partial charge in [-0.25, -0.2) is 0 Å². The second kappa shape index (κ2) is 19.6. The molecule has 0 fully saturated rings. The van der Waals surface area contributed by atoms with Crippen molar-refractivity contribution in [2.24, 2.45) is 0 Å². The molecule has 9 aromatic carbocycles. The molecule has 9 aromatic rings. The maximum Gasteiger partial charge on any atom is 0.0475 e. The molecule has 0 N–H and O–H groups in total. The van der Waals surface area contributed by atoms with Crippen LogP contribution in [0.5, 0.6) is 0 Å². The van der Waals surface area contributed by atoms with Gasteiger partial charge in [0.05, 0.1) is 0 Å². The summed E-state index contributed by atoms with van der Waals surface area (Å²) in [5, 5.41) is 5.36. The van der Waals surface area contributed by atoms with Crippen molar-refractivity contribution in [3.05, 3.63) is 254 Å². The van der Waals surface area contributed by atoms with Crippen LogP contribution in [-0.2, 0) is 35.2 Å². The van der Waals surface area contributed by atoms with Gasteiger partial charge in [-0.3, -0.25) is 0 Å². The summed E-state index contributed by atoms with van der Waals surface area (Å²) in [5.41, 5.74) is 12.9. The molecule has 0 atom stereocenters. The van der Waals surface area contributed by atoms with Gasteiger partial charge in [-0.15, -0.1) is 68.6 Å². The number of rotatable bonds is 7. The van der Waals surface area contributed by atoms with Crippen molar-refractivity contribution in [2.45, 2.75) is 25.7 Å². The van der Waals surface area contributed by atoms with Crippen molar-refractivity contribution in [2.75, 3.05) is 0 Å². The van der Waals surface area contributed by atoms with Crippen LogP contribution in [0.25, 0.3) is 43.8 Å². The third-order valence-electron chi connectivity index (χ3n) is 10.5. The van der Waals surface area contributed by atoms with Gasteiger partial charge in [-0.2, -0.15) is 12.1 Å². The molecular weight excluding hydrogens is 768 g/mol. The van der Waals surface area contributed by atoms with Crippen molar-refractivity contribution in [3.8, 4) is 22.3 Å². The zero-order valence-corrected chi connectivity index (χ0v) is 36.3. The molecule has 0 bridgehead atoms. The molecule has 0 unspecified atom stereocenters. The Kier molecular flexibility index (Phi) is 14.7. The van der Waals surface area contributed by atoms with E-state index in [-0.39, 0.29) is 20.3 Å². The summed E-state index contributed by atoms with van der Waals surface area (Å²) < 4.78 is 0. The Bertz CT molecular complexity index is 2450. The smallest absolute Gasteiger partial charge is 0.0475 e. The van der Waals surface area contributed by atoms with Gasteiger partial charge in [0.1, 0.15) is 0 Å². The first-order valence-corrected chi connectivity index (χ1v) is 22.7. The summed E-state index contributed by atoms with van der Waals surface area (Å²) in [6.45, 7) is 7.40. The van der Waals surface area contributed by atoms with Gasteiger partial charge in [0.15, 0.2) is 0 Å². The second-order valence-electron chi connectivity index (χ2n) is 13.9. The van der Waals surface area contributed by atoms with Crippen LogP contribution in [0.4, 0.5) is 0 Å². The van der Waals surface area contributed by atoms with E-state index in [2.05, 4.69) is 227 Å². The van der Waals surface area contributed by atoms with E-state index in [4.69, 9.17) is 0 Å². The van der Waals surface area contributed by atoms with Crippen LogP contribution >= 0.6 is 0 Å². The molecule has 0 aliphatic heterocycles. The Morgan fingerprint density at radius 3 is 1.39 bits per heavy atom. The number of benzene rings is 7. The zero-order chi connectivity index (χ0) is 37.3. The molecule has 2 heteroatoms. The van der Waals surface area contributed by atoms with Crippen molar-refractivity contribution in [1.29, 1.82) is 0 Å². The number of aryl methyl sites for hydroxylation is 2. The summed E-state index contributed by atoms with van der Waals surface area (Å²) in [4.78, 5) is 0. The average molecular weight is 816 g/mol. The van der Waals surface area contributed by atoms with E-state index in [1.54, 1.807) is 0 Å². The van der Waals surface area contributed by atoms with Gasteiger partial charge >= 0.3 is 30.2 Å². The van der Waals surface area contributed by atoms with Crippen LogP contribution in [0.3, 0.4) is 0 Å². The molecule has 0 aromatic heterocycles. The van der Waals surface area contributed by atoms with Gasteiger partial charge < -0.3 is 14.9 Å². The maximum absolute atomic E-state index is 3.06. The minimum Gasteiger partial charge on any atom is -0.164 e. The van der Waals surface area contributed by atoms with E-state index in [1.807, 2.05) is 0 Å². The Morgan fingerprint density at radius 1 is 0.464 bits per heavy atom. The topological polar surface area (TPSA) is 0 Å². The second-order valence-corrected chi connectivity index (χ2v) is 13.9. The maximum atomic E-state index is 3.06. The molecule has 0 spiro atoms. The third-order valence-corrected chi connectivity index (χ3v) is 10.5. The number of fused-ring (bicyclic) bond motifs is 2.